The fourth-order valence-electron chi connectivity index (χ4n) is 3.55. The highest BCUT2D eigenvalue weighted by Gasteiger charge is 2.33. The smallest absolute Gasteiger partial charge is 0.405 e. The van der Waals surface area contributed by atoms with Crippen LogP contribution in [-0.2, 0) is 6.42 Å². The van der Waals surface area contributed by atoms with E-state index in [4.69, 9.17) is 5.73 Å². The second kappa shape index (κ2) is 9.05. The van der Waals surface area contributed by atoms with Crippen molar-refractivity contribution in [3.63, 3.8) is 0 Å². The highest BCUT2D eigenvalue weighted by Crippen LogP contribution is 2.31. The number of thiophene rings is 1. The molecular formula is C23H20F3N3O2S. The molecule has 1 atom stereocenters. The number of benzene rings is 2. The Bertz CT molecular complexity index is 1220. The van der Waals surface area contributed by atoms with Crippen molar-refractivity contribution in [3.05, 3.63) is 76.6 Å². The minimum Gasteiger partial charge on any atom is -0.405 e. The number of H-pyrrole nitrogens is 1. The summed E-state index contributed by atoms with van der Waals surface area (Å²) in [6, 6.07) is 13.1. The Labute approximate surface area is 186 Å². The number of fused-ring (bicyclic) bond motifs is 1. The summed E-state index contributed by atoms with van der Waals surface area (Å²) >= 11 is 1.45. The first-order valence-corrected chi connectivity index (χ1v) is 10.8. The van der Waals surface area contributed by atoms with Crippen molar-refractivity contribution in [2.45, 2.75) is 18.8 Å². The summed E-state index contributed by atoms with van der Waals surface area (Å²) in [4.78, 5) is 16.2. The van der Waals surface area contributed by atoms with Crippen molar-refractivity contribution in [3.8, 4) is 16.9 Å². The van der Waals surface area contributed by atoms with Gasteiger partial charge in [0.1, 0.15) is 5.75 Å². The van der Waals surface area contributed by atoms with Gasteiger partial charge in [-0.05, 0) is 58.1 Å². The number of hydrogen-bond donors (Lipinski definition) is 3. The number of rotatable bonds is 7. The van der Waals surface area contributed by atoms with E-state index >= 15 is 0 Å². The summed E-state index contributed by atoms with van der Waals surface area (Å²) in [5.41, 5.74) is 8.99. The van der Waals surface area contributed by atoms with E-state index < -0.39 is 24.1 Å². The van der Waals surface area contributed by atoms with Gasteiger partial charge in [-0.25, -0.2) is 0 Å². The van der Waals surface area contributed by atoms with Crippen molar-refractivity contribution in [2.75, 3.05) is 6.54 Å². The van der Waals surface area contributed by atoms with E-state index in [0.29, 0.717) is 12.0 Å². The maximum absolute atomic E-state index is 13.0. The fourth-order valence-corrected chi connectivity index (χ4v) is 4.22. The lowest BCUT2D eigenvalue weighted by Crippen LogP contribution is -2.42. The molecule has 0 spiro atoms. The number of nitrogens with two attached hydrogens (primary N) is 1. The molecule has 0 saturated heterocycles. The number of carbonyl (C=O) groups excluding carboxylic acids is 1. The maximum atomic E-state index is 13.0. The molecule has 4 N–H and O–H groups in total. The molecular weight excluding hydrogens is 439 g/mol. The first-order valence-electron chi connectivity index (χ1n) is 9.82. The van der Waals surface area contributed by atoms with Crippen molar-refractivity contribution < 1.29 is 22.7 Å². The zero-order valence-corrected chi connectivity index (χ0v) is 17.6. The van der Waals surface area contributed by atoms with Gasteiger partial charge in [0.25, 0.3) is 5.91 Å². The SMILES string of the molecule is NCC(Cc1c[nH]c2ccccc12)NC(=O)c1cc(-c2ccsc2)ccc1OC(F)(F)F. The number of amides is 1. The second-order valence-corrected chi connectivity index (χ2v) is 8.02. The Kier molecular flexibility index (Phi) is 6.20. The van der Waals surface area contributed by atoms with Gasteiger partial charge in [-0.1, -0.05) is 24.3 Å². The van der Waals surface area contributed by atoms with Gasteiger partial charge in [-0.3, -0.25) is 4.79 Å². The Balaban J connectivity index is 1.60. The molecule has 1 amide bonds. The van der Waals surface area contributed by atoms with Crippen molar-refractivity contribution in [2.24, 2.45) is 5.73 Å². The third kappa shape index (κ3) is 4.95. The molecule has 0 radical (unpaired) electrons. The van der Waals surface area contributed by atoms with Crippen molar-refractivity contribution >= 4 is 28.1 Å². The number of ether oxygens (including phenoxy) is 1. The molecule has 4 rings (SSSR count). The van der Waals surface area contributed by atoms with E-state index in [9.17, 15) is 18.0 Å². The van der Waals surface area contributed by atoms with Crippen LogP contribution in [0.5, 0.6) is 5.75 Å². The number of aromatic nitrogens is 1. The monoisotopic (exact) mass is 459 g/mol. The third-order valence-corrected chi connectivity index (χ3v) is 5.75. The second-order valence-electron chi connectivity index (χ2n) is 7.24. The molecule has 32 heavy (non-hydrogen) atoms. The van der Waals surface area contributed by atoms with Gasteiger partial charge in [0.15, 0.2) is 0 Å². The molecule has 5 nitrogen and oxygen atoms in total. The standard InChI is InChI=1S/C23H20F3N3O2S/c24-23(25,26)31-21-6-5-14(15-7-8-32-13-15)10-19(21)22(30)29-17(11-27)9-16-12-28-20-4-2-1-3-18(16)20/h1-8,10,12-13,17,28H,9,11,27H2,(H,29,30). The Morgan fingerprint density at radius 3 is 2.69 bits per heavy atom. The molecule has 2 aromatic carbocycles. The van der Waals surface area contributed by atoms with Crippen LogP contribution in [-0.4, -0.2) is 29.8 Å². The van der Waals surface area contributed by atoms with Gasteiger partial charge in [-0.2, -0.15) is 11.3 Å². The molecule has 0 fully saturated rings. The van der Waals surface area contributed by atoms with Crippen LogP contribution in [0.3, 0.4) is 0 Å². The number of nitrogens with one attached hydrogen (secondary N) is 2. The number of halogens is 3. The minimum atomic E-state index is -4.92. The first kappa shape index (κ1) is 21.9. The van der Waals surface area contributed by atoms with E-state index in [1.54, 1.807) is 0 Å². The lowest BCUT2D eigenvalue weighted by Gasteiger charge is -2.19. The number of hydrogen-bond acceptors (Lipinski definition) is 4. The summed E-state index contributed by atoms with van der Waals surface area (Å²) in [6.45, 7) is 0.116. The molecule has 2 aromatic heterocycles. The summed E-state index contributed by atoms with van der Waals surface area (Å²) in [6.07, 6.45) is -2.66. The highest BCUT2D eigenvalue weighted by atomic mass is 32.1. The van der Waals surface area contributed by atoms with Crippen LogP contribution in [0.15, 0.2) is 65.5 Å². The number of carbonyl (C=O) groups is 1. The molecule has 0 aliphatic rings. The van der Waals surface area contributed by atoms with Gasteiger partial charge in [0.05, 0.1) is 5.56 Å². The molecule has 1 unspecified atom stereocenters. The first-order chi connectivity index (χ1) is 15.3. The largest absolute Gasteiger partial charge is 0.573 e. The van der Waals surface area contributed by atoms with Gasteiger partial charge in [-0.15, -0.1) is 13.2 Å². The van der Waals surface area contributed by atoms with Crippen LogP contribution in [0.25, 0.3) is 22.0 Å². The topological polar surface area (TPSA) is 80.1 Å². The molecule has 0 aliphatic heterocycles. The zero-order valence-electron chi connectivity index (χ0n) is 16.8. The predicted molar refractivity (Wildman–Crippen MR) is 119 cm³/mol. The predicted octanol–water partition coefficient (Wildman–Crippen LogP) is 5.09. The minimum absolute atomic E-state index is 0.116. The van der Waals surface area contributed by atoms with Gasteiger partial charge >= 0.3 is 6.36 Å². The van der Waals surface area contributed by atoms with E-state index in [1.165, 1.54) is 23.5 Å². The van der Waals surface area contributed by atoms with Crippen molar-refractivity contribution in [1.29, 1.82) is 0 Å². The maximum Gasteiger partial charge on any atom is 0.573 e. The molecule has 0 aliphatic carbocycles. The Morgan fingerprint density at radius 2 is 1.97 bits per heavy atom. The highest BCUT2D eigenvalue weighted by molar-refractivity contribution is 7.08. The number of para-hydroxylation sites is 1. The van der Waals surface area contributed by atoms with Crippen LogP contribution in [0.2, 0.25) is 0 Å². The Morgan fingerprint density at radius 1 is 1.16 bits per heavy atom. The summed E-state index contributed by atoms with van der Waals surface area (Å²) in [7, 11) is 0. The molecule has 9 heteroatoms. The van der Waals surface area contributed by atoms with Gasteiger partial charge in [0.2, 0.25) is 0 Å². The quantitative estimate of drug-likeness (QED) is 0.360. The van der Waals surface area contributed by atoms with E-state index in [1.807, 2.05) is 47.3 Å². The normalized spacial score (nSPS) is 12.6. The van der Waals surface area contributed by atoms with Crippen LogP contribution in [0.4, 0.5) is 13.2 Å². The third-order valence-electron chi connectivity index (χ3n) is 5.07. The molecule has 4 aromatic rings. The van der Waals surface area contributed by atoms with E-state index in [-0.39, 0.29) is 12.1 Å². The lowest BCUT2D eigenvalue weighted by molar-refractivity contribution is -0.274. The summed E-state index contributed by atoms with van der Waals surface area (Å²) in [5, 5.41) is 7.46. The van der Waals surface area contributed by atoms with Crippen LogP contribution in [0.1, 0.15) is 15.9 Å². The molecule has 0 bridgehead atoms. The van der Waals surface area contributed by atoms with Crippen LogP contribution >= 0.6 is 11.3 Å². The average Bonchev–Trinajstić information content (AvgIpc) is 3.43. The van der Waals surface area contributed by atoms with E-state index in [2.05, 4.69) is 15.0 Å². The average molecular weight is 459 g/mol. The lowest BCUT2D eigenvalue weighted by atomic mass is 10.0. The van der Waals surface area contributed by atoms with Crippen LogP contribution < -0.4 is 15.8 Å². The van der Waals surface area contributed by atoms with Gasteiger partial charge in [0, 0.05) is 29.7 Å². The zero-order chi connectivity index (χ0) is 22.7. The molecule has 166 valence electrons. The Hall–Kier alpha value is -3.30. The van der Waals surface area contributed by atoms with Gasteiger partial charge < -0.3 is 20.8 Å². The summed E-state index contributed by atoms with van der Waals surface area (Å²) in [5.74, 6) is -1.24. The van der Waals surface area contributed by atoms with Crippen LogP contribution in [0, 0.1) is 0 Å². The number of aromatic amines is 1. The summed E-state index contributed by atoms with van der Waals surface area (Å²) < 4.78 is 42.8. The number of alkyl halides is 3. The fraction of sp³-hybridized carbons (Fsp3) is 0.174. The van der Waals surface area contributed by atoms with E-state index in [0.717, 1.165) is 28.1 Å². The molecule has 0 saturated carbocycles. The molecule has 2 heterocycles. The van der Waals surface area contributed by atoms with Crippen molar-refractivity contribution in [1.82, 2.24) is 10.3 Å².